The summed E-state index contributed by atoms with van der Waals surface area (Å²) in [7, 11) is 0. The third-order valence-electron chi connectivity index (χ3n) is 4.91. The number of amides is 1. The lowest BCUT2D eigenvalue weighted by atomic mass is 10.0. The standard InChI is InChI=1S/C20H17N3O2/c24-20(22-11-5-7-14-6-1-2-8-15(14)22)19-17-12-25-18-10-4-3-9-16(18)23(17)13-21-19/h1-4,6,8-10,13H,5,7,11-12H2. The summed E-state index contributed by atoms with van der Waals surface area (Å²) in [5.41, 5.74) is 4.43. The van der Waals surface area contributed by atoms with Gasteiger partial charge in [-0.25, -0.2) is 4.98 Å². The van der Waals surface area contributed by atoms with Crippen molar-refractivity contribution in [3.05, 3.63) is 71.8 Å². The van der Waals surface area contributed by atoms with Gasteiger partial charge in [0.25, 0.3) is 5.91 Å². The Morgan fingerprint density at radius 3 is 2.76 bits per heavy atom. The summed E-state index contributed by atoms with van der Waals surface area (Å²) < 4.78 is 7.78. The molecule has 0 fully saturated rings. The molecule has 0 spiro atoms. The van der Waals surface area contributed by atoms with Crippen molar-refractivity contribution >= 4 is 11.6 Å². The van der Waals surface area contributed by atoms with Crippen molar-refractivity contribution in [2.75, 3.05) is 11.4 Å². The number of benzene rings is 2. The Labute approximate surface area is 145 Å². The molecule has 3 aromatic rings. The minimum absolute atomic E-state index is 0.0520. The van der Waals surface area contributed by atoms with Crippen molar-refractivity contribution in [1.29, 1.82) is 0 Å². The van der Waals surface area contributed by atoms with Crippen molar-refractivity contribution in [2.24, 2.45) is 0 Å². The maximum atomic E-state index is 13.2. The molecule has 0 aliphatic carbocycles. The van der Waals surface area contributed by atoms with Gasteiger partial charge in [-0.3, -0.25) is 9.36 Å². The van der Waals surface area contributed by atoms with E-state index in [0.717, 1.165) is 42.2 Å². The highest BCUT2D eigenvalue weighted by atomic mass is 16.5. The van der Waals surface area contributed by atoms with Crippen LogP contribution in [-0.4, -0.2) is 22.0 Å². The summed E-state index contributed by atoms with van der Waals surface area (Å²) in [6, 6.07) is 15.9. The van der Waals surface area contributed by atoms with E-state index in [4.69, 9.17) is 4.74 Å². The number of nitrogens with zero attached hydrogens (tertiary/aromatic N) is 3. The first-order valence-corrected chi connectivity index (χ1v) is 8.51. The van der Waals surface area contributed by atoms with Gasteiger partial charge in [0.05, 0.1) is 11.4 Å². The Morgan fingerprint density at radius 1 is 1.04 bits per heavy atom. The first-order chi connectivity index (χ1) is 12.3. The number of hydrogen-bond acceptors (Lipinski definition) is 3. The van der Waals surface area contributed by atoms with E-state index >= 15 is 0 Å². The van der Waals surface area contributed by atoms with E-state index in [1.54, 1.807) is 6.33 Å². The molecule has 0 atom stereocenters. The zero-order valence-corrected chi connectivity index (χ0v) is 13.7. The van der Waals surface area contributed by atoms with Crippen LogP contribution in [0, 0.1) is 0 Å². The number of anilines is 1. The molecule has 3 heterocycles. The van der Waals surface area contributed by atoms with Gasteiger partial charge in [0.15, 0.2) is 5.69 Å². The van der Waals surface area contributed by atoms with Crippen molar-refractivity contribution < 1.29 is 9.53 Å². The summed E-state index contributed by atoms with van der Waals surface area (Å²) in [5.74, 6) is 0.763. The normalized spacial score (nSPS) is 15.0. The number of imidazole rings is 1. The molecule has 5 nitrogen and oxygen atoms in total. The van der Waals surface area contributed by atoms with E-state index in [2.05, 4.69) is 11.1 Å². The molecule has 1 aromatic heterocycles. The zero-order chi connectivity index (χ0) is 16.8. The van der Waals surface area contributed by atoms with Gasteiger partial charge in [0.1, 0.15) is 18.7 Å². The van der Waals surface area contributed by atoms with Crippen LogP contribution in [0.15, 0.2) is 54.9 Å². The number of fused-ring (bicyclic) bond motifs is 4. The highest BCUT2D eigenvalue weighted by molar-refractivity contribution is 6.06. The molecule has 0 N–H and O–H groups in total. The Morgan fingerprint density at radius 2 is 1.84 bits per heavy atom. The summed E-state index contributed by atoms with van der Waals surface area (Å²) in [4.78, 5) is 19.5. The number of carbonyl (C=O) groups is 1. The average molecular weight is 331 g/mol. The van der Waals surface area contributed by atoms with Crippen LogP contribution in [0.4, 0.5) is 5.69 Å². The van der Waals surface area contributed by atoms with Crippen molar-refractivity contribution in [3.63, 3.8) is 0 Å². The lowest BCUT2D eigenvalue weighted by molar-refractivity contribution is 0.0977. The second-order valence-electron chi connectivity index (χ2n) is 6.36. The first-order valence-electron chi connectivity index (χ1n) is 8.51. The number of para-hydroxylation sites is 3. The van der Waals surface area contributed by atoms with Crippen LogP contribution in [0.3, 0.4) is 0 Å². The first kappa shape index (κ1) is 14.3. The molecular weight excluding hydrogens is 314 g/mol. The lowest BCUT2D eigenvalue weighted by Gasteiger charge is -2.29. The maximum absolute atomic E-state index is 13.2. The van der Waals surface area contributed by atoms with E-state index in [9.17, 15) is 4.79 Å². The minimum Gasteiger partial charge on any atom is -0.485 e. The van der Waals surface area contributed by atoms with Crippen molar-refractivity contribution in [1.82, 2.24) is 9.55 Å². The Balaban J connectivity index is 1.56. The largest absolute Gasteiger partial charge is 0.485 e. The molecule has 2 aliphatic heterocycles. The summed E-state index contributed by atoms with van der Waals surface area (Å²) in [6.45, 7) is 1.08. The molecule has 25 heavy (non-hydrogen) atoms. The quantitative estimate of drug-likeness (QED) is 0.687. The van der Waals surface area contributed by atoms with E-state index in [0.29, 0.717) is 12.3 Å². The predicted molar refractivity (Wildman–Crippen MR) is 94.3 cm³/mol. The molecule has 5 rings (SSSR count). The molecule has 2 aromatic carbocycles. The Kier molecular flexibility index (Phi) is 3.13. The number of ether oxygens (including phenoxy) is 1. The van der Waals surface area contributed by atoms with Crippen LogP contribution in [0.1, 0.15) is 28.2 Å². The Hall–Kier alpha value is -3.08. The third-order valence-corrected chi connectivity index (χ3v) is 4.91. The summed E-state index contributed by atoms with van der Waals surface area (Å²) in [6.07, 6.45) is 3.70. The fourth-order valence-electron chi connectivity index (χ4n) is 3.69. The van der Waals surface area contributed by atoms with Gasteiger partial charge in [-0.1, -0.05) is 30.3 Å². The second-order valence-corrected chi connectivity index (χ2v) is 6.36. The van der Waals surface area contributed by atoms with Gasteiger partial charge in [-0.05, 0) is 36.6 Å². The van der Waals surface area contributed by atoms with Crippen LogP contribution in [0.25, 0.3) is 5.69 Å². The monoisotopic (exact) mass is 331 g/mol. The highest BCUT2D eigenvalue weighted by Gasteiger charge is 2.30. The van der Waals surface area contributed by atoms with Crippen LogP contribution in [0.5, 0.6) is 5.75 Å². The molecule has 0 saturated heterocycles. The smallest absolute Gasteiger partial charge is 0.278 e. The zero-order valence-electron chi connectivity index (χ0n) is 13.7. The molecule has 124 valence electrons. The van der Waals surface area contributed by atoms with Crippen LogP contribution in [0.2, 0.25) is 0 Å². The van der Waals surface area contributed by atoms with E-state index in [1.165, 1.54) is 5.56 Å². The molecule has 0 unspecified atom stereocenters. The topological polar surface area (TPSA) is 47.4 Å². The van der Waals surface area contributed by atoms with E-state index < -0.39 is 0 Å². The fraction of sp³-hybridized carbons (Fsp3) is 0.200. The predicted octanol–water partition coefficient (Wildman–Crippen LogP) is 3.36. The molecule has 1 amide bonds. The van der Waals surface area contributed by atoms with Gasteiger partial charge >= 0.3 is 0 Å². The molecule has 0 radical (unpaired) electrons. The molecular formula is C20H17N3O2. The number of hydrogen-bond donors (Lipinski definition) is 0. The van der Waals surface area contributed by atoms with Crippen LogP contribution >= 0.6 is 0 Å². The van der Waals surface area contributed by atoms with E-state index in [1.807, 2.05) is 51.9 Å². The fourth-order valence-corrected chi connectivity index (χ4v) is 3.69. The molecule has 0 saturated carbocycles. The van der Waals surface area contributed by atoms with Crippen LogP contribution < -0.4 is 9.64 Å². The van der Waals surface area contributed by atoms with Gasteiger partial charge in [0, 0.05) is 12.2 Å². The summed E-state index contributed by atoms with van der Waals surface area (Å²) in [5, 5.41) is 0. The SMILES string of the molecule is O=C(c1ncn2c1COc1ccccc1-2)N1CCCc2ccccc21. The number of aromatic nitrogens is 2. The van der Waals surface area contributed by atoms with Crippen molar-refractivity contribution in [3.8, 4) is 11.4 Å². The van der Waals surface area contributed by atoms with Gasteiger partial charge in [-0.15, -0.1) is 0 Å². The minimum atomic E-state index is -0.0520. The van der Waals surface area contributed by atoms with E-state index in [-0.39, 0.29) is 5.91 Å². The maximum Gasteiger partial charge on any atom is 0.278 e. The molecule has 5 heteroatoms. The average Bonchev–Trinajstić information content (AvgIpc) is 3.11. The summed E-state index contributed by atoms with van der Waals surface area (Å²) >= 11 is 0. The van der Waals surface area contributed by atoms with Gasteiger partial charge < -0.3 is 9.64 Å². The number of aryl methyl sites for hydroxylation is 1. The molecule has 0 bridgehead atoms. The second kappa shape index (κ2) is 5.48. The Bertz CT molecular complexity index is 977. The van der Waals surface area contributed by atoms with Gasteiger partial charge in [-0.2, -0.15) is 0 Å². The highest BCUT2D eigenvalue weighted by Crippen LogP contribution is 2.33. The lowest BCUT2D eigenvalue weighted by Crippen LogP contribution is -2.36. The number of rotatable bonds is 1. The van der Waals surface area contributed by atoms with Gasteiger partial charge in [0.2, 0.25) is 0 Å². The number of carbonyl (C=O) groups excluding carboxylic acids is 1. The molecule has 2 aliphatic rings. The van der Waals surface area contributed by atoms with Crippen LogP contribution in [-0.2, 0) is 13.0 Å². The third kappa shape index (κ3) is 2.16. The van der Waals surface area contributed by atoms with Crippen molar-refractivity contribution in [2.45, 2.75) is 19.4 Å².